The Hall–Kier alpha value is -3.94. The summed E-state index contributed by atoms with van der Waals surface area (Å²) in [5, 5.41) is 16.5. The third kappa shape index (κ3) is 4.44. The maximum Gasteiger partial charge on any atom is 0.255 e. The number of nitrogens with zero attached hydrogens (tertiary/aromatic N) is 5. The van der Waals surface area contributed by atoms with Gasteiger partial charge in [-0.15, -0.1) is 10.2 Å². The number of hydrogen-bond acceptors (Lipinski definition) is 5. The molecule has 174 valence electrons. The molecule has 0 saturated carbocycles. The van der Waals surface area contributed by atoms with E-state index < -0.39 is 0 Å². The van der Waals surface area contributed by atoms with E-state index in [0.717, 1.165) is 48.7 Å². The summed E-state index contributed by atoms with van der Waals surface area (Å²) in [4.78, 5) is 13.3. The van der Waals surface area contributed by atoms with Crippen LogP contribution in [-0.4, -0.2) is 44.1 Å². The van der Waals surface area contributed by atoms with Gasteiger partial charge in [0.25, 0.3) is 5.91 Å². The number of amides is 1. The third-order valence-electron chi connectivity index (χ3n) is 6.16. The molecule has 0 aliphatic carbocycles. The van der Waals surface area contributed by atoms with Crippen molar-refractivity contribution in [3.8, 4) is 22.7 Å². The van der Waals surface area contributed by atoms with E-state index in [1.54, 1.807) is 18.0 Å². The van der Waals surface area contributed by atoms with Crippen LogP contribution in [0, 0.1) is 0 Å². The maximum atomic E-state index is 13.3. The molecule has 1 aliphatic rings. The first-order valence-electron chi connectivity index (χ1n) is 11.7. The highest BCUT2D eigenvalue weighted by Gasteiger charge is 2.21. The topological polar surface area (TPSA) is 86.9 Å². The Kier molecular flexibility index (Phi) is 6.38. The fourth-order valence-corrected chi connectivity index (χ4v) is 4.41. The van der Waals surface area contributed by atoms with Crippen LogP contribution in [0.15, 0.2) is 60.8 Å². The minimum atomic E-state index is -0.182. The van der Waals surface area contributed by atoms with E-state index in [1.807, 2.05) is 54.6 Å². The number of nitrogens with one attached hydrogen (secondary N) is 1. The van der Waals surface area contributed by atoms with Crippen LogP contribution in [0.1, 0.15) is 41.3 Å². The van der Waals surface area contributed by atoms with Crippen molar-refractivity contribution in [2.45, 2.75) is 38.6 Å². The Bertz CT molecular complexity index is 1280. The van der Waals surface area contributed by atoms with Gasteiger partial charge < -0.3 is 14.6 Å². The normalized spacial score (nSPS) is 13.2. The predicted molar refractivity (Wildman–Crippen MR) is 129 cm³/mol. The van der Waals surface area contributed by atoms with Crippen LogP contribution in [0.4, 0.5) is 0 Å². The molecule has 0 saturated heterocycles. The Morgan fingerprint density at radius 1 is 1.03 bits per heavy atom. The summed E-state index contributed by atoms with van der Waals surface area (Å²) in [6.45, 7) is 1.42. The molecule has 1 N–H and O–H groups in total. The number of carbonyl (C=O) groups is 1. The molecule has 0 spiro atoms. The third-order valence-corrected chi connectivity index (χ3v) is 6.16. The second-order valence-corrected chi connectivity index (χ2v) is 8.37. The van der Waals surface area contributed by atoms with E-state index in [2.05, 4.69) is 20.1 Å². The second-order valence-electron chi connectivity index (χ2n) is 8.37. The van der Waals surface area contributed by atoms with Crippen molar-refractivity contribution >= 4 is 5.91 Å². The lowest BCUT2D eigenvalue weighted by Gasteiger charge is -2.09. The Balaban J connectivity index is 1.39. The van der Waals surface area contributed by atoms with Crippen molar-refractivity contribution in [1.29, 1.82) is 0 Å². The van der Waals surface area contributed by atoms with Gasteiger partial charge in [-0.3, -0.25) is 4.79 Å². The molecule has 5 rings (SSSR count). The van der Waals surface area contributed by atoms with Gasteiger partial charge in [-0.1, -0.05) is 36.8 Å². The zero-order valence-corrected chi connectivity index (χ0v) is 19.3. The first-order valence-corrected chi connectivity index (χ1v) is 11.7. The molecule has 8 nitrogen and oxygen atoms in total. The van der Waals surface area contributed by atoms with Crippen molar-refractivity contribution in [2.24, 2.45) is 0 Å². The van der Waals surface area contributed by atoms with Crippen molar-refractivity contribution in [3.05, 3.63) is 78.0 Å². The number of rotatable bonds is 7. The van der Waals surface area contributed by atoms with Gasteiger partial charge in [0.1, 0.15) is 23.1 Å². The molecule has 2 aromatic heterocycles. The minimum absolute atomic E-state index is 0.182. The quantitative estimate of drug-likeness (QED) is 0.457. The zero-order chi connectivity index (χ0) is 23.3. The second kappa shape index (κ2) is 9.91. The van der Waals surface area contributed by atoms with Gasteiger partial charge in [0.05, 0.1) is 18.4 Å². The molecular weight excluding hydrogens is 428 g/mol. The molecule has 2 aromatic carbocycles. The molecule has 1 amide bonds. The lowest BCUT2D eigenvalue weighted by atomic mass is 10.1. The van der Waals surface area contributed by atoms with Gasteiger partial charge in [-0.2, -0.15) is 5.10 Å². The van der Waals surface area contributed by atoms with E-state index in [4.69, 9.17) is 9.84 Å². The van der Waals surface area contributed by atoms with E-state index >= 15 is 0 Å². The van der Waals surface area contributed by atoms with E-state index in [9.17, 15) is 4.79 Å². The van der Waals surface area contributed by atoms with Crippen LogP contribution in [0.25, 0.3) is 16.9 Å². The van der Waals surface area contributed by atoms with Crippen LogP contribution in [0.5, 0.6) is 5.75 Å². The van der Waals surface area contributed by atoms with Gasteiger partial charge in [0, 0.05) is 37.7 Å². The standard InChI is InChI=1S/C26H28N6O2/c1-34-22-13-8-7-12-20(22)25-21(18-32(30-25)19-10-4-2-5-11-19)26(33)27-16-15-24-29-28-23-14-6-3-9-17-31(23)24/h2,4-5,7-8,10-13,18H,3,6,9,14-17H2,1H3,(H,27,33). The summed E-state index contributed by atoms with van der Waals surface area (Å²) < 4.78 is 9.49. The molecule has 34 heavy (non-hydrogen) atoms. The Morgan fingerprint density at radius 3 is 2.71 bits per heavy atom. The number of hydrogen-bond donors (Lipinski definition) is 1. The summed E-state index contributed by atoms with van der Waals surface area (Å²) in [5.41, 5.74) is 2.72. The number of methoxy groups -OCH3 is 1. The van der Waals surface area contributed by atoms with Crippen molar-refractivity contribution in [2.75, 3.05) is 13.7 Å². The largest absolute Gasteiger partial charge is 0.496 e. The first kappa shape index (κ1) is 21.9. The van der Waals surface area contributed by atoms with Crippen LogP contribution < -0.4 is 10.1 Å². The monoisotopic (exact) mass is 456 g/mol. The molecule has 4 aromatic rings. The molecule has 3 heterocycles. The van der Waals surface area contributed by atoms with Crippen LogP contribution >= 0.6 is 0 Å². The number of para-hydroxylation sites is 2. The van der Waals surface area contributed by atoms with Crippen molar-refractivity contribution in [1.82, 2.24) is 29.9 Å². The number of benzene rings is 2. The van der Waals surface area contributed by atoms with Gasteiger partial charge in [-0.25, -0.2) is 4.68 Å². The summed E-state index contributed by atoms with van der Waals surface area (Å²) in [6, 6.07) is 17.4. The first-order chi connectivity index (χ1) is 16.7. The number of fused-ring (bicyclic) bond motifs is 1. The average Bonchev–Trinajstić information content (AvgIpc) is 3.42. The lowest BCUT2D eigenvalue weighted by molar-refractivity contribution is 0.0954. The van der Waals surface area contributed by atoms with E-state index in [0.29, 0.717) is 30.0 Å². The SMILES string of the molecule is COc1ccccc1-c1nn(-c2ccccc2)cc1C(=O)NCCc1nnc2n1CCCCC2. The average molecular weight is 457 g/mol. The zero-order valence-electron chi connectivity index (χ0n) is 19.3. The summed E-state index contributed by atoms with van der Waals surface area (Å²) >= 11 is 0. The van der Waals surface area contributed by atoms with Crippen LogP contribution in [0.3, 0.4) is 0 Å². The van der Waals surface area contributed by atoms with Gasteiger partial charge >= 0.3 is 0 Å². The molecule has 0 radical (unpaired) electrons. The lowest BCUT2D eigenvalue weighted by Crippen LogP contribution is -2.26. The molecule has 0 fully saturated rings. The molecule has 0 unspecified atom stereocenters. The number of ether oxygens (including phenoxy) is 1. The molecule has 0 bridgehead atoms. The summed E-state index contributed by atoms with van der Waals surface area (Å²) in [5.74, 6) is 2.48. The summed E-state index contributed by atoms with van der Waals surface area (Å²) in [7, 11) is 1.62. The minimum Gasteiger partial charge on any atom is -0.496 e. The highest BCUT2D eigenvalue weighted by molar-refractivity contribution is 6.00. The van der Waals surface area contributed by atoms with E-state index in [1.165, 1.54) is 6.42 Å². The van der Waals surface area contributed by atoms with Gasteiger partial charge in [0.2, 0.25) is 0 Å². The Labute approximate surface area is 198 Å². The highest BCUT2D eigenvalue weighted by Crippen LogP contribution is 2.31. The van der Waals surface area contributed by atoms with Crippen molar-refractivity contribution < 1.29 is 9.53 Å². The maximum absolute atomic E-state index is 13.3. The smallest absolute Gasteiger partial charge is 0.255 e. The molecule has 0 atom stereocenters. The molecule has 1 aliphatic heterocycles. The fourth-order valence-electron chi connectivity index (χ4n) is 4.41. The van der Waals surface area contributed by atoms with Crippen LogP contribution in [-0.2, 0) is 19.4 Å². The van der Waals surface area contributed by atoms with Crippen molar-refractivity contribution in [3.63, 3.8) is 0 Å². The molecule has 8 heteroatoms. The number of carbonyl (C=O) groups excluding carboxylic acids is 1. The molecular formula is C26H28N6O2. The van der Waals surface area contributed by atoms with Crippen LogP contribution in [0.2, 0.25) is 0 Å². The highest BCUT2D eigenvalue weighted by atomic mass is 16.5. The summed E-state index contributed by atoms with van der Waals surface area (Å²) in [6.07, 6.45) is 6.90. The van der Waals surface area contributed by atoms with E-state index in [-0.39, 0.29) is 5.91 Å². The fraction of sp³-hybridized carbons (Fsp3) is 0.308. The predicted octanol–water partition coefficient (Wildman–Crippen LogP) is 3.84. The van der Waals surface area contributed by atoms with Gasteiger partial charge in [-0.05, 0) is 37.1 Å². The van der Waals surface area contributed by atoms with Gasteiger partial charge in [0.15, 0.2) is 0 Å². The Morgan fingerprint density at radius 2 is 1.85 bits per heavy atom. The number of aromatic nitrogens is 5. The number of aryl methyl sites for hydroxylation is 1.